The number of fused-ring (bicyclic) bond motifs is 14. The summed E-state index contributed by atoms with van der Waals surface area (Å²) in [6.07, 6.45) is 0. The van der Waals surface area contributed by atoms with E-state index in [1.165, 1.54) is 87.1 Å². The molecule has 0 aliphatic heterocycles. The van der Waals surface area contributed by atoms with Crippen molar-refractivity contribution in [3.05, 3.63) is 158 Å². The SMILES string of the molecule is c1ccc(-n2c3ccccc3c3c2ccc2c4cccc5c6ccccc6c6ccccc6c6ccccc6n(c54)c23)cc1. The van der Waals surface area contributed by atoms with E-state index in [0.29, 0.717) is 0 Å². The Morgan fingerprint density at radius 1 is 0.273 bits per heavy atom. The monoisotopic (exact) mass is 558 g/mol. The average molecular weight is 559 g/mol. The molecular formula is C42H26N2. The number of nitrogens with zero attached hydrogens (tertiary/aromatic N) is 2. The van der Waals surface area contributed by atoms with Crippen LogP contribution in [0.1, 0.15) is 0 Å². The van der Waals surface area contributed by atoms with Crippen molar-refractivity contribution >= 4 is 81.4 Å². The van der Waals surface area contributed by atoms with Crippen molar-refractivity contribution in [1.82, 2.24) is 8.97 Å². The maximum Gasteiger partial charge on any atom is 0.0641 e. The highest BCUT2D eigenvalue weighted by atomic mass is 15.0. The molecule has 0 aliphatic carbocycles. The third-order valence-electron chi connectivity index (χ3n) is 9.47. The molecule has 0 radical (unpaired) electrons. The summed E-state index contributed by atoms with van der Waals surface area (Å²) >= 11 is 0. The number of rotatable bonds is 1. The number of para-hydroxylation sites is 4. The first-order valence-electron chi connectivity index (χ1n) is 15.2. The van der Waals surface area contributed by atoms with Gasteiger partial charge in [0.2, 0.25) is 0 Å². The van der Waals surface area contributed by atoms with Crippen molar-refractivity contribution in [3.8, 4) is 5.69 Å². The van der Waals surface area contributed by atoms with Crippen molar-refractivity contribution in [2.45, 2.75) is 0 Å². The van der Waals surface area contributed by atoms with E-state index in [4.69, 9.17) is 0 Å². The van der Waals surface area contributed by atoms with E-state index in [1.807, 2.05) is 0 Å². The summed E-state index contributed by atoms with van der Waals surface area (Å²) in [7, 11) is 0. The number of hydrogen-bond donors (Lipinski definition) is 0. The Hall–Kier alpha value is -5.86. The van der Waals surface area contributed by atoms with Crippen molar-refractivity contribution in [1.29, 1.82) is 0 Å². The van der Waals surface area contributed by atoms with Crippen LogP contribution in [0.4, 0.5) is 0 Å². The molecule has 0 fully saturated rings. The molecule has 3 heterocycles. The van der Waals surface area contributed by atoms with Crippen LogP contribution in [0.25, 0.3) is 87.1 Å². The van der Waals surface area contributed by atoms with Crippen LogP contribution in [0.5, 0.6) is 0 Å². The van der Waals surface area contributed by atoms with Crippen LogP contribution < -0.4 is 0 Å². The summed E-state index contributed by atoms with van der Waals surface area (Å²) in [5.41, 5.74) is 7.29. The van der Waals surface area contributed by atoms with Gasteiger partial charge < -0.3 is 8.97 Å². The van der Waals surface area contributed by atoms with Gasteiger partial charge in [0.25, 0.3) is 0 Å². The van der Waals surface area contributed by atoms with E-state index in [9.17, 15) is 0 Å². The highest BCUT2D eigenvalue weighted by Crippen LogP contribution is 2.43. The van der Waals surface area contributed by atoms with Gasteiger partial charge in [0.05, 0.1) is 27.6 Å². The van der Waals surface area contributed by atoms with E-state index in [1.54, 1.807) is 0 Å². The van der Waals surface area contributed by atoms with Crippen LogP contribution in [0.3, 0.4) is 0 Å². The third kappa shape index (κ3) is 3.04. The molecule has 0 bridgehead atoms. The molecule has 3 aromatic heterocycles. The van der Waals surface area contributed by atoms with Crippen LogP contribution >= 0.6 is 0 Å². The maximum absolute atomic E-state index is 2.57. The lowest BCUT2D eigenvalue weighted by Gasteiger charge is -2.08. The third-order valence-corrected chi connectivity index (χ3v) is 9.47. The Balaban J connectivity index is 1.61. The minimum absolute atomic E-state index is 1.17. The Morgan fingerprint density at radius 2 is 0.750 bits per heavy atom. The molecular weight excluding hydrogens is 532 g/mol. The fraction of sp³-hybridized carbons (Fsp3) is 0. The van der Waals surface area contributed by atoms with Crippen LogP contribution in [-0.2, 0) is 0 Å². The fourth-order valence-electron chi connectivity index (χ4n) is 7.72. The summed E-state index contributed by atoms with van der Waals surface area (Å²) in [6.45, 7) is 0. The molecule has 0 spiro atoms. The Morgan fingerprint density at radius 3 is 1.45 bits per heavy atom. The smallest absolute Gasteiger partial charge is 0.0641 e. The van der Waals surface area contributed by atoms with Crippen molar-refractivity contribution in [3.63, 3.8) is 0 Å². The molecule has 2 heteroatoms. The van der Waals surface area contributed by atoms with E-state index in [2.05, 4.69) is 167 Å². The van der Waals surface area contributed by atoms with Gasteiger partial charge in [0.15, 0.2) is 0 Å². The predicted molar refractivity (Wildman–Crippen MR) is 188 cm³/mol. The fourth-order valence-corrected chi connectivity index (χ4v) is 7.72. The topological polar surface area (TPSA) is 9.34 Å². The van der Waals surface area contributed by atoms with Crippen LogP contribution in [0.2, 0.25) is 0 Å². The Bertz CT molecular complexity index is 2820. The zero-order valence-electron chi connectivity index (χ0n) is 23.9. The molecule has 0 N–H and O–H groups in total. The highest BCUT2D eigenvalue weighted by Gasteiger charge is 2.21. The lowest BCUT2D eigenvalue weighted by Crippen LogP contribution is -1.93. The lowest BCUT2D eigenvalue weighted by molar-refractivity contribution is 1.18. The van der Waals surface area contributed by atoms with E-state index >= 15 is 0 Å². The zero-order chi connectivity index (χ0) is 28.8. The van der Waals surface area contributed by atoms with Gasteiger partial charge in [-0.15, -0.1) is 0 Å². The minimum Gasteiger partial charge on any atom is -0.309 e. The molecule has 0 unspecified atom stereocenters. The zero-order valence-corrected chi connectivity index (χ0v) is 23.9. The molecule has 0 atom stereocenters. The van der Waals surface area contributed by atoms with Crippen molar-refractivity contribution in [2.75, 3.05) is 0 Å². The number of hydrogen-bond acceptors (Lipinski definition) is 0. The van der Waals surface area contributed by atoms with Crippen LogP contribution in [-0.4, -0.2) is 8.97 Å². The Kier molecular flexibility index (Phi) is 4.75. The van der Waals surface area contributed by atoms with Crippen LogP contribution in [0.15, 0.2) is 158 Å². The second kappa shape index (κ2) is 8.82. The van der Waals surface area contributed by atoms with Crippen molar-refractivity contribution < 1.29 is 0 Å². The summed E-state index contributed by atoms with van der Waals surface area (Å²) in [6, 6.07) is 57.8. The van der Waals surface area contributed by atoms with Crippen LogP contribution in [0, 0.1) is 0 Å². The van der Waals surface area contributed by atoms with Gasteiger partial charge in [-0.25, -0.2) is 0 Å². The molecule has 2 nitrogen and oxygen atoms in total. The molecule has 44 heavy (non-hydrogen) atoms. The maximum atomic E-state index is 2.57. The van der Waals surface area contributed by atoms with Gasteiger partial charge in [-0.3, -0.25) is 0 Å². The summed E-state index contributed by atoms with van der Waals surface area (Å²) in [4.78, 5) is 0. The van der Waals surface area contributed by atoms with Gasteiger partial charge in [0.1, 0.15) is 0 Å². The highest BCUT2D eigenvalue weighted by molar-refractivity contribution is 6.30. The quantitative estimate of drug-likeness (QED) is 0.190. The van der Waals surface area contributed by atoms with Gasteiger partial charge >= 0.3 is 0 Å². The second-order valence-electron chi connectivity index (χ2n) is 11.7. The van der Waals surface area contributed by atoms with E-state index in [-0.39, 0.29) is 0 Å². The standard InChI is InChI=1S/C42H26N2/c1-2-13-27(14-3-1)43-38-24-11-9-20-36(38)40-39(43)26-25-35-34-22-12-21-33-31-18-7-5-16-29(31)28-15-4-6-17-30(28)32-19-8-10-23-37(32)44(41(33)34)42(35)40/h1-26H. The van der Waals surface area contributed by atoms with E-state index in [0.717, 1.165) is 0 Å². The number of aromatic nitrogens is 2. The summed E-state index contributed by atoms with van der Waals surface area (Å²) < 4.78 is 4.99. The Labute approximate surface area is 253 Å². The molecule has 0 aliphatic rings. The van der Waals surface area contributed by atoms with E-state index < -0.39 is 0 Å². The molecule has 0 amide bonds. The second-order valence-corrected chi connectivity index (χ2v) is 11.7. The molecule has 204 valence electrons. The van der Waals surface area contributed by atoms with Gasteiger partial charge in [0, 0.05) is 38.0 Å². The largest absolute Gasteiger partial charge is 0.309 e. The van der Waals surface area contributed by atoms with Gasteiger partial charge in [-0.2, -0.15) is 0 Å². The van der Waals surface area contributed by atoms with Crippen molar-refractivity contribution in [2.24, 2.45) is 0 Å². The minimum atomic E-state index is 1.17. The molecule has 10 rings (SSSR count). The average Bonchev–Trinajstić information content (AvgIpc) is 3.62. The number of benzene rings is 7. The predicted octanol–water partition coefficient (Wildman–Crippen LogP) is 11.4. The van der Waals surface area contributed by atoms with Gasteiger partial charge in [-0.05, 0) is 51.9 Å². The normalized spacial score (nSPS) is 12.1. The molecule has 0 saturated carbocycles. The molecule has 10 aromatic rings. The summed E-state index contributed by atoms with van der Waals surface area (Å²) in [5.74, 6) is 0. The molecule has 0 saturated heterocycles. The first kappa shape index (κ1) is 23.7. The first-order valence-corrected chi connectivity index (χ1v) is 15.2. The molecule has 7 aromatic carbocycles. The summed E-state index contributed by atoms with van der Waals surface area (Å²) in [5, 5.41) is 12.6. The lowest BCUT2D eigenvalue weighted by atomic mass is 10.0. The first-order chi connectivity index (χ1) is 21.9. The van der Waals surface area contributed by atoms with Gasteiger partial charge in [-0.1, -0.05) is 127 Å².